The van der Waals surface area contributed by atoms with Crippen molar-refractivity contribution < 1.29 is 13.2 Å². The monoisotopic (exact) mass is 650 g/mol. The molecule has 0 radical (unpaired) electrons. The molecule has 5 rings (SSSR count). The van der Waals surface area contributed by atoms with Gasteiger partial charge in [0.15, 0.2) is 15.6 Å². The number of Topliss-reactive ketones (excluding diaryl/α,β-unsaturated/α-hetero) is 1. The van der Waals surface area contributed by atoms with Crippen LogP contribution in [0.2, 0.25) is 0 Å². The highest BCUT2D eigenvalue weighted by atomic mass is 32.2. The second-order valence-corrected chi connectivity index (χ2v) is 14.9. The summed E-state index contributed by atoms with van der Waals surface area (Å²) in [6.45, 7) is 9.55. The van der Waals surface area contributed by atoms with Crippen LogP contribution < -0.4 is 5.69 Å². The van der Waals surface area contributed by atoms with Crippen LogP contribution >= 0.6 is 0 Å². The van der Waals surface area contributed by atoms with E-state index in [1.165, 1.54) is 17.7 Å². The number of nitrogens with zero attached hydrogens (tertiary/aromatic N) is 4. The fourth-order valence-corrected chi connectivity index (χ4v) is 6.85. The van der Waals surface area contributed by atoms with Crippen molar-refractivity contribution in [2.24, 2.45) is 0 Å². The summed E-state index contributed by atoms with van der Waals surface area (Å²) in [4.78, 5) is 30.5. The van der Waals surface area contributed by atoms with Gasteiger partial charge in [-0.2, -0.15) is 5.10 Å². The predicted molar refractivity (Wildman–Crippen MR) is 185 cm³/mol. The third-order valence-corrected chi connectivity index (χ3v) is 9.91. The van der Waals surface area contributed by atoms with Crippen LogP contribution in [0, 0.1) is 0 Å². The summed E-state index contributed by atoms with van der Waals surface area (Å²) >= 11 is 0. The van der Waals surface area contributed by atoms with Gasteiger partial charge in [0.2, 0.25) is 0 Å². The van der Waals surface area contributed by atoms with Crippen LogP contribution in [0.1, 0.15) is 62.3 Å². The van der Waals surface area contributed by atoms with Crippen LogP contribution in [-0.2, 0) is 52.4 Å². The van der Waals surface area contributed by atoms with E-state index in [0.29, 0.717) is 25.2 Å². The molecule has 0 N–H and O–H groups in total. The number of carbonyl (C=O) groups excluding carboxylic acids is 1. The number of aromatic nitrogens is 4. The Kier molecular flexibility index (Phi) is 10.3. The van der Waals surface area contributed by atoms with Crippen LogP contribution in [0.25, 0.3) is 11.3 Å². The Balaban J connectivity index is 1.17. The van der Waals surface area contributed by atoms with Gasteiger partial charge >= 0.3 is 5.69 Å². The molecule has 9 heteroatoms. The summed E-state index contributed by atoms with van der Waals surface area (Å²) in [7, 11) is -3.70. The Labute approximate surface area is 277 Å². The maximum Gasteiger partial charge on any atom is 0.346 e. The van der Waals surface area contributed by atoms with E-state index in [2.05, 4.69) is 62.2 Å². The topological polar surface area (TPSA) is 104 Å². The van der Waals surface area contributed by atoms with Crippen LogP contribution in [0.15, 0.2) is 107 Å². The molecule has 8 nitrogen and oxygen atoms in total. The summed E-state index contributed by atoms with van der Waals surface area (Å²) in [5.41, 5.74) is 5.63. The first-order valence-electron chi connectivity index (χ1n) is 16.0. The van der Waals surface area contributed by atoms with Crippen molar-refractivity contribution in [3.8, 4) is 11.3 Å². The number of carbonyl (C=O) groups is 1. The molecule has 2 aromatic heterocycles. The molecule has 0 saturated heterocycles. The normalized spacial score (nSPS) is 11.9. The van der Waals surface area contributed by atoms with Crippen molar-refractivity contribution in [1.82, 2.24) is 19.3 Å². The van der Waals surface area contributed by atoms with Gasteiger partial charge in [0, 0.05) is 30.6 Å². The summed E-state index contributed by atoms with van der Waals surface area (Å²) in [6, 6.07) is 30.0. The predicted octanol–water partition coefficient (Wildman–Crippen LogP) is 6.23. The number of hydrogen-bond acceptors (Lipinski definition) is 6. The Morgan fingerprint density at radius 2 is 1.49 bits per heavy atom. The average Bonchev–Trinajstić information content (AvgIpc) is 3.34. The van der Waals surface area contributed by atoms with Gasteiger partial charge in [-0.05, 0) is 66.1 Å². The first-order chi connectivity index (χ1) is 22.4. The van der Waals surface area contributed by atoms with Crippen LogP contribution in [0.5, 0.6) is 0 Å². The molecule has 0 spiro atoms. The lowest BCUT2D eigenvalue weighted by Gasteiger charge is -2.19. The standard InChI is InChI=1S/C38H42N4O4S/c1-5-41-36(40-42(37(41)44)26-29-19-23-31(24-20-29)38(2,3)4)16-9-11-28-17-21-30(22-18-28)35-15-10-12-32(39-35)25-33(43)27-47(45,46)34-13-7-6-8-14-34/h6-8,10,12-15,17-24H,5,9,11,16,25-27H2,1-4H3. The van der Waals surface area contributed by atoms with Gasteiger partial charge in [-0.1, -0.05) is 93.6 Å². The highest BCUT2D eigenvalue weighted by Crippen LogP contribution is 2.23. The minimum atomic E-state index is -3.70. The molecule has 0 aliphatic rings. The molecule has 0 saturated carbocycles. The van der Waals surface area contributed by atoms with E-state index in [1.54, 1.807) is 33.5 Å². The van der Waals surface area contributed by atoms with Gasteiger partial charge in [-0.3, -0.25) is 14.3 Å². The minimum absolute atomic E-state index is 0.0555. The maximum atomic E-state index is 13.1. The lowest BCUT2D eigenvalue weighted by molar-refractivity contribution is -0.116. The van der Waals surface area contributed by atoms with Crippen LogP contribution in [-0.4, -0.2) is 39.3 Å². The summed E-state index contributed by atoms with van der Waals surface area (Å²) in [5, 5.41) is 4.70. The third-order valence-electron chi connectivity index (χ3n) is 8.22. The van der Waals surface area contributed by atoms with Crippen molar-refractivity contribution in [2.75, 3.05) is 5.75 Å². The Morgan fingerprint density at radius 3 is 2.15 bits per heavy atom. The van der Waals surface area contributed by atoms with E-state index >= 15 is 0 Å². The van der Waals surface area contributed by atoms with E-state index in [1.807, 2.05) is 31.2 Å². The second-order valence-electron chi connectivity index (χ2n) is 12.9. The molecule has 3 aromatic carbocycles. The molecule has 244 valence electrons. The van der Waals surface area contributed by atoms with Gasteiger partial charge in [0.1, 0.15) is 11.6 Å². The largest absolute Gasteiger partial charge is 0.346 e. The summed E-state index contributed by atoms with van der Waals surface area (Å²) in [5.74, 6) is -0.160. The van der Waals surface area contributed by atoms with Gasteiger partial charge in [-0.25, -0.2) is 17.9 Å². The van der Waals surface area contributed by atoms with E-state index in [9.17, 15) is 18.0 Å². The van der Waals surface area contributed by atoms with Gasteiger partial charge in [0.05, 0.1) is 17.1 Å². The fourth-order valence-electron chi connectivity index (χ4n) is 5.58. The molecule has 0 unspecified atom stereocenters. The highest BCUT2D eigenvalue weighted by molar-refractivity contribution is 7.92. The van der Waals surface area contributed by atoms with E-state index in [0.717, 1.165) is 41.1 Å². The molecule has 0 aliphatic heterocycles. The molecule has 47 heavy (non-hydrogen) atoms. The lowest BCUT2D eigenvalue weighted by atomic mass is 9.87. The highest BCUT2D eigenvalue weighted by Gasteiger charge is 2.20. The van der Waals surface area contributed by atoms with Gasteiger partial charge in [0.25, 0.3) is 0 Å². The minimum Gasteiger partial charge on any atom is -0.298 e. The molecule has 0 aliphatic carbocycles. The summed E-state index contributed by atoms with van der Waals surface area (Å²) < 4.78 is 28.5. The van der Waals surface area contributed by atoms with Gasteiger partial charge in [-0.15, -0.1) is 0 Å². The number of rotatable bonds is 13. The van der Waals surface area contributed by atoms with Crippen LogP contribution in [0.4, 0.5) is 0 Å². The number of pyridine rings is 1. The van der Waals surface area contributed by atoms with Crippen molar-refractivity contribution in [3.05, 3.63) is 136 Å². The van der Waals surface area contributed by atoms with E-state index < -0.39 is 21.4 Å². The molecule has 5 aromatic rings. The first-order valence-corrected chi connectivity index (χ1v) is 17.7. The summed E-state index contributed by atoms with van der Waals surface area (Å²) in [6.07, 6.45) is 2.31. The Bertz CT molecular complexity index is 1990. The van der Waals surface area contributed by atoms with Crippen LogP contribution in [0.3, 0.4) is 0 Å². The molecule has 2 heterocycles. The van der Waals surface area contributed by atoms with Crippen molar-refractivity contribution in [2.45, 2.75) is 76.8 Å². The number of aryl methyl sites for hydroxylation is 2. The zero-order chi connectivity index (χ0) is 33.6. The molecule has 0 amide bonds. The third kappa shape index (κ3) is 8.60. The van der Waals surface area contributed by atoms with Gasteiger partial charge < -0.3 is 0 Å². The molecule has 0 fully saturated rings. The second kappa shape index (κ2) is 14.4. The zero-order valence-corrected chi connectivity index (χ0v) is 28.3. The maximum absolute atomic E-state index is 13.1. The van der Waals surface area contributed by atoms with E-state index in [-0.39, 0.29) is 22.4 Å². The SMILES string of the molecule is CCn1c(CCCc2ccc(-c3cccc(CC(=O)CS(=O)(=O)c4ccccc4)n3)cc2)nn(Cc2ccc(C(C)(C)C)cc2)c1=O. The zero-order valence-electron chi connectivity index (χ0n) is 27.5. The quantitative estimate of drug-likeness (QED) is 0.150. The molecular weight excluding hydrogens is 609 g/mol. The average molecular weight is 651 g/mol. The molecular formula is C38H42N4O4S. The fraction of sp³-hybridized carbons (Fsp3) is 0.316. The lowest BCUT2D eigenvalue weighted by Crippen LogP contribution is -2.25. The van der Waals surface area contributed by atoms with Crippen molar-refractivity contribution in [1.29, 1.82) is 0 Å². The van der Waals surface area contributed by atoms with E-state index in [4.69, 9.17) is 5.10 Å². The Morgan fingerprint density at radius 1 is 0.809 bits per heavy atom. The van der Waals surface area contributed by atoms with Crippen molar-refractivity contribution in [3.63, 3.8) is 0 Å². The number of ketones is 1. The first kappa shape index (κ1) is 33.7. The molecule has 0 atom stereocenters. The smallest absolute Gasteiger partial charge is 0.298 e. The number of benzene rings is 3. The molecule has 0 bridgehead atoms. The van der Waals surface area contributed by atoms with Crippen molar-refractivity contribution >= 4 is 15.6 Å². The number of hydrogen-bond donors (Lipinski definition) is 0. The Hall–Kier alpha value is -4.63. The number of sulfone groups is 1.